The number of nitrogens with one attached hydrogen (secondary N) is 2. The molecule has 2 aromatic heterocycles. The molecule has 6 nitrogen and oxygen atoms in total. The first-order chi connectivity index (χ1) is 13.6. The molecule has 1 saturated heterocycles. The molecule has 8 heteroatoms. The number of nitrogens with zero attached hydrogens (tertiary/aromatic N) is 1. The number of H-pyrrole nitrogens is 1. The van der Waals surface area contributed by atoms with Gasteiger partial charge in [0.2, 0.25) is 0 Å². The summed E-state index contributed by atoms with van der Waals surface area (Å²) in [6, 6.07) is 7.25. The molecule has 142 valence electrons. The molecule has 4 rings (SSSR count). The monoisotopic (exact) mass is 399 g/mol. The standard InChI is InChI=1S/C20H15ClFN3O3/c21-13-1-2-16(22)14(5-13)15-6-18(19(25-20(15)27)12-9-28-10-12)24-17-3-4-23-7-11(17)8-26/h1-8,12H,9-10H2,(H,23,24)(H,25,27). The summed E-state index contributed by atoms with van der Waals surface area (Å²) < 4.78 is 19.6. The van der Waals surface area contributed by atoms with Crippen molar-refractivity contribution in [3.8, 4) is 11.1 Å². The van der Waals surface area contributed by atoms with Gasteiger partial charge in [-0.3, -0.25) is 14.6 Å². The van der Waals surface area contributed by atoms with Crippen LogP contribution in [0, 0.1) is 5.82 Å². The maximum Gasteiger partial charge on any atom is 0.256 e. The highest BCUT2D eigenvalue weighted by Crippen LogP contribution is 2.33. The lowest BCUT2D eigenvalue weighted by atomic mass is 9.98. The lowest BCUT2D eigenvalue weighted by Gasteiger charge is -2.28. The zero-order valence-electron chi connectivity index (χ0n) is 14.5. The SMILES string of the molecule is O=Cc1cnccc1Nc1cc(-c2cc(Cl)ccc2F)c(=O)[nH]c1C1COC1. The van der Waals surface area contributed by atoms with E-state index >= 15 is 0 Å². The Balaban J connectivity index is 1.86. The van der Waals surface area contributed by atoms with E-state index in [1.54, 1.807) is 18.3 Å². The molecule has 3 heterocycles. The van der Waals surface area contributed by atoms with Gasteiger partial charge in [-0.05, 0) is 30.3 Å². The highest BCUT2D eigenvalue weighted by molar-refractivity contribution is 6.30. The summed E-state index contributed by atoms with van der Waals surface area (Å²) in [4.78, 5) is 30.7. The maximum absolute atomic E-state index is 14.3. The lowest BCUT2D eigenvalue weighted by Crippen LogP contribution is -2.29. The molecule has 0 radical (unpaired) electrons. The quantitative estimate of drug-likeness (QED) is 0.636. The van der Waals surface area contributed by atoms with E-state index < -0.39 is 11.4 Å². The van der Waals surface area contributed by atoms with Gasteiger partial charge in [0.05, 0.1) is 35.7 Å². The number of aromatic nitrogens is 2. The minimum absolute atomic E-state index is 0.00465. The van der Waals surface area contributed by atoms with Gasteiger partial charge in [-0.2, -0.15) is 0 Å². The predicted molar refractivity (Wildman–Crippen MR) is 104 cm³/mol. The molecule has 1 aliphatic heterocycles. The second kappa shape index (κ2) is 7.53. The third-order valence-corrected chi connectivity index (χ3v) is 4.82. The second-order valence-corrected chi connectivity index (χ2v) is 6.84. The van der Waals surface area contributed by atoms with Crippen LogP contribution in [0.25, 0.3) is 11.1 Å². The van der Waals surface area contributed by atoms with Crippen molar-refractivity contribution in [3.05, 3.63) is 75.2 Å². The first kappa shape index (κ1) is 18.3. The van der Waals surface area contributed by atoms with E-state index in [0.29, 0.717) is 47.2 Å². The first-order valence-corrected chi connectivity index (χ1v) is 8.91. The van der Waals surface area contributed by atoms with Gasteiger partial charge in [-0.15, -0.1) is 0 Å². The van der Waals surface area contributed by atoms with Crippen LogP contribution in [0.1, 0.15) is 22.0 Å². The number of benzene rings is 1. The van der Waals surface area contributed by atoms with Crippen LogP contribution in [0.2, 0.25) is 5.02 Å². The van der Waals surface area contributed by atoms with Crippen LogP contribution in [-0.4, -0.2) is 29.5 Å². The molecule has 28 heavy (non-hydrogen) atoms. The number of ether oxygens (including phenoxy) is 1. The number of anilines is 2. The zero-order chi connectivity index (χ0) is 19.7. The minimum Gasteiger partial charge on any atom is -0.380 e. The normalized spacial score (nSPS) is 13.8. The first-order valence-electron chi connectivity index (χ1n) is 8.53. The van der Waals surface area contributed by atoms with E-state index in [1.807, 2.05) is 0 Å². The van der Waals surface area contributed by atoms with Crippen molar-refractivity contribution in [1.29, 1.82) is 0 Å². The van der Waals surface area contributed by atoms with Gasteiger partial charge in [-0.1, -0.05) is 11.6 Å². The average Bonchev–Trinajstić information content (AvgIpc) is 2.65. The van der Waals surface area contributed by atoms with Crippen LogP contribution in [0.3, 0.4) is 0 Å². The Morgan fingerprint density at radius 3 is 2.75 bits per heavy atom. The number of carbonyl (C=O) groups is 1. The lowest BCUT2D eigenvalue weighted by molar-refractivity contribution is 0.00695. The Morgan fingerprint density at radius 1 is 1.21 bits per heavy atom. The molecule has 0 spiro atoms. The molecule has 0 saturated carbocycles. The number of carbonyl (C=O) groups excluding carboxylic acids is 1. The summed E-state index contributed by atoms with van der Waals surface area (Å²) in [7, 11) is 0. The largest absolute Gasteiger partial charge is 0.380 e. The van der Waals surface area contributed by atoms with Crippen LogP contribution in [0.5, 0.6) is 0 Å². The van der Waals surface area contributed by atoms with Gasteiger partial charge in [0.1, 0.15) is 5.82 Å². The molecule has 0 unspecified atom stereocenters. The zero-order valence-corrected chi connectivity index (χ0v) is 15.3. The molecule has 1 aromatic carbocycles. The Hall–Kier alpha value is -3.03. The smallest absolute Gasteiger partial charge is 0.256 e. The van der Waals surface area contributed by atoms with Gasteiger partial charge in [-0.25, -0.2) is 4.39 Å². The molecule has 0 aliphatic carbocycles. The van der Waals surface area contributed by atoms with Crippen molar-refractivity contribution in [2.24, 2.45) is 0 Å². The van der Waals surface area contributed by atoms with Crippen LogP contribution in [0.15, 0.2) is 47.5 Å². The van der Waals surface area contributed by atoms with Gasteiger partial charge in [0.25, 0.3) is 5.56 Å². The maximum atomic E-state index is 14.3. The van der Waals surface area contributed by atoms with E-state index in [0.717, 1.165) is 0 Å². The molecule has 3 aromatic rings. The Bertz CT molecular complexity index is 1110. The van der Waals surface area contributed by atoms with E-state index in [2.05, 4.69) is 15.3 Å². The number of rotatable bonds is 5. The van der Waals surface area contributed by atoms with E-state index in [4.69, 9.17) is 16.3 Å². The average molecular weight is 400 g/mol. The third kappa shape index (κ3) is 3.42. The van der Waals surface area contributed by atoms with Gasteiger partial charge in [0.15, 0.2) is 6.29 Å². The third-order valence-electron chi connectivity index (χ3n) is 4.58. The summed E-state index contributed by atoms with van der Waals surface area (Å²) in [5.74, 6) is -0.562. The Kier molecular flexibility index (Phi) is 4.93. The topological polar surface area (TPSA) is 84.1 Å². The number of hydrogen-bond acceptors (Lipinski definition) is 5. The number of pyridine rings is 2. The molecular formula is C20H15ClFN3O3. The van der Waals surface area contributed by atoms with Crippen molar-refractivity contribution in [2.45, 2.75) is 5.92 Å². The fraction of sp³-hybridized carbons (Fsp3) is 0.150. The highest BCUT2D eigenvalue weighted by atomic mass is 35.5. The molecule has 0 bridgehead atoms. The van der Waals surface area contributed by atoms with Crippen molar-refractivity contribution in [3.63, 3.8) is 0 Å². The van der Waals surface area contributed by atoms with Gasteiger partial charge >= 0.3 is 0 Å². The van der Waals surface area contributed by atoms with E-state index in [1.165, 1.54) is 24.4 Å². The van der Waals surface area contributed by atoms with Crippen LogP contribution in [0.4, 0.5) is 15.8 Å². The molecule has 0 amide bonds. The van der Waals surface area contributed by atoms with Crippen LogP contribution < -0.4 is 10.9 Å². The summed E-state index contributed by atoms with van der Waals surface area (Å²) in [5, 5.41) is 3.48. The number of aromatic amines is 1. The minimum atomic E-state index is -0.557. The predicted octanol–water partition coefficient (Wildman–Crippen LogP) is 3.90. The molecule has 1 fully saturated rings. The van der Waals surface area contributed by atoms with Crippen molar-refractivity contribution in [2.75, 3.05) is 18.5 Å². The molecule has 1 aliphatic rings. The summed E-state index contributed by atoms with van der Waals surface area (Å²) in [6.45, 7) is 0.929. The van der Waals surface area contributed by atoms with Crippen LogP contribution >= 0.6 is 11.6 Å². The molecule has 0 atom stereocenters. The number of halogens is 2. The molecule has 2 N–H and O–H groups in total. The highest BCUT2D eigenvalue weighted by Gasteiger charge is 2.26. The van der Waals surface area contributed by atoms with E-state index in [9.17, 15) is 14.0 Å². The number of hydrogen-bond donors (Lipinski definition) is 2. The van der Waals surface area contributed by atoms with E-state index in [-0.39, 0.29) is 17.0 Å². The summed E-state index contributed by atoms with van der Waals surface area (Å²) in [5.41, 5.74) is 1.87. The summed E-state index contributed by atoms with van der Waals surface area (Å²) >= 11 is 5.98. The van der Waals surface area contributed by atoms with Gasteiger partial charge < -0.3 is 15.0 Å². The fourth-order valence-corrected chi connectivity index (χ4v) is 3.21. The Morgan fingerprint density at radius 2 is 2.04 bits per heavy atom. The number of aldehydes is 1. The van der Waals surface area contributed by atoms with Crippen LogP contribution in [-0.2, 0) is 4.74 Å². The second-order valence-electron chi connectivity index (χ2n) is 6.40. The fourth-order valence-electron chi connectivity index (χ4n) is 3.04. The summed E-state index contributed by atoms with van der Waals surface area (Å²) in [6.07, 6.45) is 3.67. The van der Waals surface area contributed by atoms with Gasteiger partial charge in [0, 0.05) is 34.6 Å². The Labute approximate surface area is 164 Å². The van der Waals surface area contributed by atoms with Crippen molar-refractivity contribution < 1.29 is 13.9 Å². The molecular weight excluding hydrogens is 385 g/mol. The van der Waals surface area contributed by atoms with Crippen molar-refractivity contribution in [1.82, 2.24) is 9.97 Å². The van der Waals surface area contributed by atoms with Crippen molar-refractivity contribution >= 4 is 29.3 Å².